The molecule has 28 heavy (non-hydrogen) atoms. The molecule has 1 heteroatoms. The van der Waals surface area contributed by atoms with Crippen LogP contribution in [0, 0.1) is 40.4 Å². The minimum Gasteiger partial charge on any atom is -0.393 e. The maximum atomic E-state index is 10.2. The third-order valence-corrected chi connectivity index (χ3v) is 9.73. The summed E-state index contributed by atoms with van der Waals surface area (Å²) in [6.07, 6.45) is 21.6. The van der Waals surface area contributed by atoms with Crippen LogP contribution in [0.4, 0.5) is 0 Å². The molecule has 3 fully saturated rings. The van der Waals surface area contributed by atoms with E-state index in [4.69, 9.17) is 0 Å². The van der Waals surface area contributed by atoms with Crippen molar-refractivity contribution in [2.24, 2.45) is 40.4 Å². The Bertz CT molecular complexity index is 616. The molecule has 4 aliphatic rings. The summed E-state index contributed by atoms with van der Waals surface area (Å²) in [5, 5.41) is 10.2. The number of rotatable bonds is 5. The normalized spacial score (nSPS) is 45.6. The van der Waals surface area contributed by atoms with Crippen LogP contribution in [0.15, 0.2) is 23.8 Å². The summed E-state index contributed by atoms with van der Waals surface area (Å²) in [4.78, 5) is 0. The highest BCUT2D eigenvalue weighted by molar-refractivity contribution is 5.25. The number of hydrogen-bond donors (Lipinski definition) is 1. The van der Waals surface area contributed by atoms with E-state index in [2.05, 4.69) is 45.9 Å². The lowest BCUT2D eigenvalue weighted by Gasteiger charge is -2.58. The topological polar surface area (TPSA) is 20.2 Å². The summed E-state index contributed by atoms with van der Waals surface area (Å²) in [5.41, 5.74) is 2.59. The van der Waals surface area contributed by atoms with Gasteiger partial charge in [0.25, 0.3) is 0 Å². The third kappa shape index (κ3) is 3.55. The average molecular weight is 385 g/mol. The van der Waals surface area contributed by atoms with Gasteiger partial charge in [0.15, 0.2) is 0 Å². The van der Waals surface area contributed by atoms with Crippen LogP contribution in [0.5, 0.6) is 0 Å². The van der Waals surface area contributed by atoms with Crippen molar-refractivity contribution in [2.45, 2.75) is 104 Å². The summed E-state index contributed by atoms with van der Waals surface area (Å²) in [5.74, 6) is 4.45. The number of fused-ring (bicyclic) bond motifs is 5. The van der Waals surface area contributed by atoms with E-state index in [1.54, 1.807) is 5.57 Å². The molecule has 0 heterocycles. The Morgan fingerprint density at radius 3 is 2.68 bits per heavy atom. The standard InChI is InChI=1S/C27H44O/c1-19(2)8-6-5-7-9-20-11-13-24-23-12-10-21-18-22(28)14-16-27(21,4)25(23)15-17-26(20,24)3/h5-6,10,19-20,22-25,28H,7-9,11-18H2,1-4H3/b6-5+. The smallest absolute Gasteiger partial charge is 0.0577 e. The molecular weight excluding hydrogens is 340 g/mol. The molecule has 7 atom stereocenters. The molecule has 0 saturated heterocycles. The molecule has 0 aromatic carbocycles. The lowest BCUT2D eigenvalue weighted by molar-refractivity contribution is -0.0505. The molecule has 7 unspecified atom stereocenters. The van der Waals surface area contributed by atoms with E-state index >= 15 is 0 Å². The molecule has 0 amide bonds. The van der Waals surface area contributed by atoms with Gasteiger partial charge in [-0.3, -0.25) is 0 Å². The second-order valence-electron chi connectivity index (χ2n) is 11.7. The van der Waals surface area contributed by atoms with Gasteiger partial charge in [0, 0.05) is 0 Å². The third-order valence-electron chi connectivity index (χ3n) is 9.73. The lowest BCUT2D eigenvalue weighted by Crippen LogP contribution is -2.50. The van der Waals surface area contributed by atoms with Crippen molar-refractivity contribution < 1.29 is 5.11 Å². The monoisotopic (exact) mass is 384 g/mol. The van der Waals surface area contributed by atoms with Crippen LogP contribution in [0.2, 0.25) is 0 Å². The van der Waals surface area contributed by atoms with Gasteiger partial charge in [-0.2, -0.15) is 0 Å². The summed E-state index contributed by atoms with van der Waals surface area (Å²) >= 11 is 0. The van der Waals surface area contributed by atoms with Gasteiger partial charge in [0.1, 0.15) is 0 Å². The summed E-state index contributed by atoms with van der Waals surface area (Å²) in [6.45, 7) is 9.83. The van der Waals surface area contributed by atoms with Crippen molar-refractivity contribution in [3.05, 3.63) is 23.8 Å². The van der Waals surface area contributed by atoms with Crippen LogP contribution in [0.1, 0.15) is 98.3 Å². The molecule has 1 nitrogen and oxygen atoms in total. The molecule has 0 bridgehead atoms. The van der Waals surface area contributed by atoms with Crippen LogP contribution in [0.25, 0.3) is 0 Å². The van der Waals surface area contributed by atoms with Crippen LogP contribution >= 0.6 is 0 Å². The Morgan fingerprint density at radius 1 is 1.07 bits per heavy atom. The minimum absolute atomic E-state index is 0.0793. The number of hydrogen-bond acceptors (Lipinski definition) is 1. The van der Waals surface area contributed by atoms with E-state index in [0.717, 1.165) is 42.4 Å². The van der Waals surface area contributed by atoms with Crippen molar-refractivity contribution in [3.63, 3.8) is 0 Å². The highest BCUT2D eigenvalue weighted by Gasteiger charge is 2.58. The fraction of sp³-hybridized carbons (Fsp3) is 0.852. The maximum absolute atomic E-state index is 10.2. The first kappa shape index (κ1) is 20.7. The Labute approximate surface area is 174 Å². The molecule has 0 aliphatic heterocycles. The van der Waals surface area contributed by atoms with Gasteiger partial charge in [-0.1, -0.05) is 51.5 Å². The van der Waals surface area contributed by atoms with E-state index in [1.165, 1.54) is 57.8 Å². The molecule has 0 radical (unpaired) electrons. The van der Waals surface area contributed by atoms with Crippen molar-refractivity contribution in [2.75, 3.05) is 0 Å². The fourth-order valence-electron chi connectivity index (χ4n) is 8.01. The molecule has 0 aromatic heterocycles. The molecule has 0 spiro atoms. The summed E-state index contributed by atoms with van der Waals surface area (Å²) in [6, 6.07) is 0. The lowest BCUT2D eigenvalue weighted by atomic mass is 9.47. The van der Waals surface area contributed by atoms with Crippen molar-refractivity contribution in [1.29, 1.82) is 0 Å². The number of aliphatic hydroxyl groups is 1. The summed E-state index contributed by atoms with van der Waals surface area (Å²) < 4.78 is 0. The first-order chi connectivity index (χ1) is 13.3. The van der Waals surface area contributed by atoms with Crippen LogP contribution in [0.3, 0.4) is 0 Å². The zero-order chi connectivity index (χ0) is 19.9. The Kier molecular flexibility index (Phi) is 5.87. The molecule has 158 valence electrons. The Morgan fingerprint density at radius 2 is 1.89 bits per heavy atom. The molecule has 0 aromatic rings. The van der Waals surface area contributed by atoms with Gasteiger partial charge < -0.3 is 5.11 Å². The first-order valence-corrected chi connectivity index (χ1v) is 12.4. The fourth-order valence-corrected chi connectivity index (χ4v) is 8.01. The zero-order valence-corrected chi connectivity index (χ0v) is 18.9. The van der Waals surface area contributed by atoms with Gasteiger partial charge in [0.05, 0.1) is 6.10 Å². The average Bonchev–Trinajstić information content (AvgIpc) is 2.98. The van der Waals surface area contributed by atoms with Crippen LogP contribution in [-0.2, 0) is 0 Å². The van der Waals surface area contributed by atoms with Gasteiger partial charge in [0.2, 0.25) is 0 Å². The van der Waals surface area contributed by atoms with Gasteiger partial charge in [-0.15, -0.1) is 0 Å². The quantitative estimate of drug-likeness (QED) is 0.493. The van der Waals surface area contributed by atoms with E-state index in [0.29, 0.717) is 10.8 Å². The van der Waals surface area contributed by atoms with Gasteiger partial charge >= 0.3 is 0 Å². The van der Waals surface area contributed by atoms with Crippen molar-refractivity contribution >= 4 is 0 Å². The second kappa shape index (κ2) is 7.93. The predicted octanol–water partition coefficient (Wildman–Crippen LogP) is 7.31. The van der Waals surface area contributed by atoms with Crippen LogP contribution < -0.4 is 0 Å². The minimum atomic E-state index is -0.0793. The number of allylic oxidation sites excluding steroid dienone is 3. The molecule has 1 N–H and O–H groups in total. The van der Waals surface area contributed by atoms with Gasteiger partial charge in [-0.25, -0.2) is 0 Å². The first-order valence-electron chi connectivity index (χ1n) is 12.4. The van der Waals surface area contributed by atoms with Crippen LogP contribution in [-0.4, -0.2) is 11.2 Å². The Balaban J connectivity index is 1.44. The Hall–Kier alpha value is -0.560. The largest absolute Gasteiger partial charge is 0.393 e. The molecule has 4 rings (SSSR count). The highest BCUT2D eigenvalue weighted by Crippen LogP contribution is 2.66. The van der Waals surface area contributed by atoms with E-state index in [-0.39, 0.29) is 6.10 Å². The highest BCUT2D eigenvalue weighted by atomic mass is 16.3. The molecular formula is C27H44O. The van der Waals surface area contributed by atoms with E-state index in [1.807, 2.05) is 0 Å². The number of aliphatic hydroxyl groups excluding tert-OH is 1. The predicted molar refractivity (Wildman–Crippen MR) is 119 cm³/mol. The molecule has 4 aliphatic carbocycles. The SMILES string of the molecule is CC(C)C/C=C/CCC1CCC2C3CC=C4CC(O)CCC4(C)C3CCC12C. The zero-order valence-electron chi connectivity index (χ0n) is 18.9. The van der Waals surface area contributed by atoms with E-state index in [9.17, 15) is 5.11 Å². The van der Waals surface area contributed by atoms with Crippen molar-refractivity contribution in [1.82, 2.24) is 0 Å². The van der Waals surface area contributed by atoms with Crippen molar-refractivity contribution in [3.8, 4) is 0 Å². The molecule has 3 saturated carbocycles. The maximum Gasteiger partial charge on any atom is 0.0577 e. The second-order valence-corrected chi connectivity index (χ2v) is 11.7. The van der Waals surface area contributed by atoms with Gasteiger partial charge in [-0.05, 0) is 111 Å². The van der Waals surface area contributed by atoms with E-state index < -0.39 is 0 Å². The summed E-state index contributed by atoms with van der Waals surface area (Å²) in [7, 11) is 0.